The van der Waals surface area contributed by atoms with Crippen molar-refractivity contribution in [2.75, 3.05) is 42.9 Å². The van der Waals surface area contributed by atoms with Crippen molar-refractivity contribution in [3.05, 3.63) is 53.6 Å². The molecule has 2 amide bonds. The molecule has 9 heteroatoms. The first-order valence-electron chi connectivity index (χ1n) is 10.1. The molecule has 2 aromatic rings. The summed E-state index contributed by atoms with van der Waals surface area (Å²) in [7, 11) is -3.82. The molecular weight excluding hydrogens is 416 g/mol. The SMILES string of the molecule is CC(=O)Nc1ccc(S(=O)(=O)NCC(=O)N2CCN(c3cccc(C)c3C)CC2)cc1. The lowest BCUT2D eigenvalue weighted by atomic mass is 10.1. The molecule has 1 saturated heterocycles. The molecule has 1 heterocycles. The Hall–Kier alpha value is -2.91. The number of benzene rings is 2. The summed E-state index contributed by atoms with van der Waals surface area (Å²) < 4.78 is 27.3. The molecule has 0 aliphatic carbocycles. The van der Waals surface area contributed by atoms with E-state index < -0.39 is 10.0 Å². The Balaban J connectivity index is 1.54. The summed E-state index contributed by atoms with van der Waals surface area (Å²) in [6.07, 6.45) is 0. The second-order valence-electron chi connectivity index (χ2n) is 7.62. The number of hydrogen-bond donors (Lipinski definition) is 2. The molecule has 0 atom stereocenters. The van der Waals surface area contributed by atoms with Gasteiger partial charge in [0.25, 0.3) is 0 Å². The van der Waals surface area contributed by atoms with Crippen LogP contribution in [0.25, 0.3) is 0 Å². The zero-order chi connectivity index (χ0) is 22.6. The molecule has 0 bridgehead atoms. The van der Waals surface area contributed by atoms with Gasteiger partial charge in [0.15, 0.2) is 0 Å². The van der Waals surface area contributed by atoms with Crippen LogP contribution in [0.3, 0.4) is 0 Å². The molecule has 166 valence electrons. The van der Waals surface area contributed by atoms with Crippen LogP contribution in [0.1, 0.15) is 18.1 Å². The van der Waals surface area contributed by atoms with Crippen LogP contribution in [-0.4, -0.2) is 57.9 Å². The topological polar surface area (TPSA) is 98.8 Å². The highest BCUT2D eigenvalue weighted by Crippen LogP contribution is 2.24. The number of amides is 2. The predicted octanol–water partition coefficient (Wildman–Crippen LogP) is 1.89. The van der Waals surface area contributed by atoms with E-state index in [1.165, 1.54) is 48.0 Å². The van der Waals surface area contributed by atoms with Crippen LogP contribution in [-0.2, 0) is 19.6 Å². The van der Waals surface area contributed by atoms with Crippen LogP contribution in [0.4, 0.5) is 11.4 Å². The Bertz CT molecular complexity index is 1060. The summed E-state index contributed by atoms with van der Waals surface area (Å²) in [6, 6.07) is 12.0. The number of carbonyl (C=O) groups excluding carboxylic acids is 2. The Morgan fingerprint density at radius 2 is 1.61 bits per heavy atom. The lowest BCUT2D eigenvalue weighted by molar-refractivity contribution is -0.130. The fourth-order valence-electron chi connectivity index (χ4n) is 3.55. The molecule has 2 aromatic carbocycles. The molecule has 0 saturated carbocycles. The predicted molar refractivity (Wildman–Crippen MR) is 121 cm³/mol. The smallest absolute Gasteiger partial charge is 0.241 e. The maximum atomic E-state index is 12.5. The standard InChI is InChI=1S/C22H28N4O4S/c1-16-5-4-6-21(17(16)2)25-11-13-26(14-12-25)22(28)15-23-31(29,30)20-9-7-19(8-10-20)24-18(3)27/h4-10,23H,11-15H2,1-3H3,(H,24,27). The molecule has 0 spiro atoms. The van der Waals surface area contributed by atoms with E-state index >= 15 is 0 Å². The molecule has 0 unspecified atom stereocenters. The third-order valence-corrected chi connectivity index (χ3v) is 6.86. The van der Waals surface area contributed by atoms with Gasteiger partial charge < -0.3 is 15.1 Å². The van der Waals surface area contributed by atoms with Gasteiger partial charge in [-0.1, -0.05) is 12.1 Å². The summed E-state index contributed by atoms with van der Waals surface area (Å²) in [5.74, 6) is -0.490. The number of anilines is 2. The third kappa shape index (κ3) is 5.62. The van der Waals surface area contributed by atoms with Crippen molar-refractivity contribution in [3.8, 4) is 0 Å². The number of hydrogen-bond acceptors (Lipinski definition) is 5. The van der Waals surface area contributed by atoms with Crippen molar-refractivity contribution in [2.24, 2.45) is 0 Å². The Labute approximate surface area is 183 Å². The quantitative estimate of drug-likeness (QED) is 0.709. The summed E-state index contributed by atoms with van der Waals surface area (Å²) in [5.41, 5.74) is 4.15. The van der Waals surface area contributed by atoms with E-state index in [0.717, 1.165) is 0 Å². The number of piperazine rings is 1. The van der Waals surface area contributed by atoms with E-state index in [1.54, 1.807) is 4.90 Å². The molecule has 3 rings (SSSR count). The van der Waals surface area contributed by atoms with Gasteiger partial charge in [-0.2, -0.15) is 0 Å². The molecular formula is C22H28N4O4S. The van der Waals surface area contributed by atoms with Crippen molar-refractivity contribution >= 4 is 33.2 Å². The lowest BCUT2D eigenvalue weighted by Crippen LogP contribution is -2.51. The van der Waals surface area contributed by atoms with Gasteiger partial charge in [0.05, 0.1) is 11.4 Å². The molecule has 8 nitrogen and oxygen atoms in total. The molecule has 0 aromatic heterocycles. The molecule has 31 heavy (non-hydrogen) atoms. The van der Waals surface area contributed by atoms with Crippen LogP contribution in [0, 0.1) is 13.8 Å². The highest BCUT2D eigenvalue weighted by Gasteiger charge is 2.24. The van der Waals surface area contributed by atoms with Gasteiger partial charge >= 0.3 is 0 Å². The van der Waals surface area contributed by atoms with Crippen molar-refractivity contribution in [1.29, 1.82) is 0 Å². The minimum atomic E-state index is -3.82. The first kappa shape index (κ1) is 22.8. The molecule has 1 aliphatic rings. The lowest BCUT2D eigenvalue weighted by Gasteiger charge is -2.37. The van der Waals surface area contributed by atoms with Gasteiger partial charge in [0.2, 0.25) is 21.8 Å². The fraction of sp³-hybridized carbons (Fsp3) is 0.364. The first-order chi connectivity index (χ1) is 14.7. The van der Waals surface area contributed by atoms with Crippen LogP contribution >= 0.6 is 0 Å². The van der Waals surface area contributed by atoms with Gasteiger partial charge in [-0.25, -0.2) is 13.1 Å². The molecule has 1 aliphatic heterocycles. The average molecular weight is 445 g/mol. The second-order valence-corrected chi connectivity index (χ2v) is 9.38. The van der Waals surface area contributed by atoms with E-state index in [2.05, 4.69) is 40.9 Å². The highest BCUT2D eigenvalue weighted by atomic mass is 32.2. The Morgan fingerprint density at radius 3 is 2.23 bits per heavy atom. The largest absolute Gasteiger partial charge is 0.368 e. The van der Waals surface area contributed by atoms with Gasteiger partial charge in [-0.3, -0.25) is 9.59 Å². The maximum Gasteiger partial charge on any atom is 0.241 e. The zero-order valence-electron chi connectivity index (χ0n) is 18.0. The number of rotatable bonds is 6. The summed E-state index contributed by atoms with van der Waals surface area (Å²) in [6.45, 7) is 7.75. The zero-order valence-corrected chi connectivity index (χ0v) is 18.8. The number of nitrogens with zero attached hydrogens (tertiary/aromatic N) is 2. The third-order valence-electron chi connectivity index (χ3n) is 5.45. The van der Waals surface area contributed by atoms with Gasteiger partial charge in [0, 0.05) is 44.5 Å². The normalized spacial score (nSPS) is 14.4. The Kier molecular flexibility index (Phi) is 6.97. The van der Waals surface area contributed by atoms with Crippen LogP contribution in [0.15, 0.2) is 47.4 Å². The summed E-state index contributed by atoms with van der Waals surface area (Å²) in [4.78, 5) is 27.6. The van der Waals surface area contributed by atoms with Crippen LogP contribution in [0.5, 0.6) is 0 Å². The molecule has 2 N–H and O–H groups in total. The highest BCUT2D eigenvalue weighted by molar-refractivity contribution is 7.89. The number of aryl methyl sites for hydroxylation is 1. The minimum absolute atomic E-state index is 0.0362. The van der Waals surface area contributed by atoms with Crippen LogP contribution in [0.2, 0.25) is 0 Å². The summed E-state index contributed by atoms with van der Waals surface area (Å²) >= 11 is 0. The second kappa shape index (κ2) is 9.49. The van der Waals surface area contributed by atoms with Crippen molar-refractivity contribution in [2.45, 2.75) is 25.7 Å². The van der Waals surface area contributed by atoms with E-state index in [-0.39, 0.29) is 23.3 Å². The average Bonchev–Trinajstić information content (AvgIpc) is 2.74. The van der Waals surface area contributed by atoms with Crippen molar-refractivity contribution in [3.63, 3.8) is 0 Å². The number of nitrogens with one attached hydrogen (secondary N) is 2. The van der Waals surface area contributed by atoms with Crippen molar-refractivity contribution in [1.82, 2.24) is 9.62 Å². The van der Waals surface area contributed by atoms with E-state index in [1.807, 2.05) is 6.07 Å². The fourth-order valence-corrected chi connectivity index (χ4v) is 4.52. The minimum Gasteiger partial charge on any atom is -0.368 e. The van der Waals surface area contributed by atoms with E-state index in [0.29, 0.717) is 31.9 Å². The van der Waals surface area contributed by atoms with Gasteiger partial charge in [-0.05, 0) is 55.3 Å². The number of carbonyl (C=O) groups is 2. The molecule has 0 radical (unpaired) electrons. The van der Waals surface area contributed by atoms with Gasteiger partial charge in [0.1, 0.15) is 0 Å². The number of sulfonamides is 1. The molecule has 1 fully saturated rings. The maximum absolute atomic E-state index is 12.5. The monoisotopic (exact) mass is 444 g/mol. The van der Waals surface area contributed by atoms with E-state index in [4.69, 9.17) is 0 Å². The van der Waals surface area contributed by atoms with Crippen molar-refractivity contribution < 1.29 is 18.0 Å². The Morgan fingerprint density at radius 1 is 0.968 bits per heavy atom. The van der Waals surface area contributed by atoms with E-state index in [9.17, 15) is 18.0 Å². The van der Waals surface area contributed by atoms with Gasteiger partial charge in [-0.15, -0.1) is 0 Å². The summed E-state index contributed by atoms with van der Waals surface area (Å²) in [5, 5.41) is 2.58. The first-order valence-corrected chi connectivity index (χ1v) is 11.6. The van der Waals surface area contributed by atoms with Crippen LogP contribution < -0.4 is 14.9 Å².